The Kier molecular flexibility index (Phi) is 5.80. The Morgan fingerprint density at radius 1 is 1.15 bits per heavy atom. The maximum atomic E-state index is 13.0. The number of hydrogen-bond donors (Lipinski definition) is 1. The van der Waals surface area contributed by atoms with Crippen LogP contribution in [0.25, 0.3) is 0 Å². The Balaban J connectivity index is 0.00000196. The minimum Gasteiger partial charge on any atom is -0.342 e. The molecule has 3 aliphatic heterocycles. The molecule has 0 aromatic heterocycles. The lowest BCUT2D eigenvalue weighted by Gasteiger charge is -2.36. The Hall–Kier alpha value is -1.30. The van der Waals surface area contributed by atoms with E-state index in [0.717, 1.165) is 18.5 Å². The van der Waals surface area contributed by atoms with Crippen LogP contribution in [0.15, 0.2) is 24.3 Å². The quantitative estimate of drug-likeness (QED) is 0.797. The third kappa shape index (κ3) is 3.57. The van der Waals surface area contributed by atoms with Gasteiger partial charge >= 0.3 is 0 Å². The Morgan fingerprint density at radius 2 is 1.77 bits per heavy atom. The maximum absolute atomic E-state index is 13.0. The van der Waals surface area contributed by atoms with Crippen molar-refractivity contribution in [2.24, 2.45) is 5.92 Å². The highest BCUT2D eigenvalue weighted by Gasteiger charge is 2.42. The first-order valence-electron chi connectivity index (χ1n) is 9.12. The lowest BCUT2D eigenvalue weighted by atomic mass is 9.96. The molecule has 7 heteroatoms. The number of benzene rings is 1. The molecule has 0 saturated carbocycles. The van der Waals surface area contributed by atoms with Crippen molar-refractivity contribution in [3.05, 3.63) is 29.3 Å². The molecule has 3 heterocycles. The molecule has 3 saturated heterocycles. The van der Waals surface area contributed by atoms with Crippen molar-refractivity contribution in [2.75, 3.05) is 18.5 Å². The first kappa shape index (κ1) is 19.5. The number of fused-ring (bicyclic) bond motifs is 2. The van der Waals surface area contributed by atoms with Gasteiger partial charge in [0.1, 0.15) is 5.92 Å². The van der Waals surface area contributed by atoms with E-state index >= 15 is 0 Å². The molecule has 1 aromatic rings. The zero-order valence-electron chi connectivity index (χ0n) is 14.9. The molecule has 2 amide bonds. The number of hydrogen-bond acceptors (Lipinski definition) is 3. The summed E-state index contributed by atoms with van der Waals surface area (Å²) in [6.45, 7) is 0.586. The largest absolute Gasteiger partial charge is 0.342 e. The summed E-state index contributed by atoms with van der Waals surface area (Å²) in [7, 11) is 1.87. The predicted octanol–water partition coefficient (Wildman–Crippen LogP) is 2.86. The second kappa shape index (κ2) is 7.75. The number of halogens is 2. The van der Waals surface area contributed by atoms with E-state index in [1.54, 1.807) is 17.0 Å². The van der Waals surface area contributed by atoms with Crippen molar-refractivity contribution in [1.82, 2.24) is 10.2 Å². The van der Waals surface area contributed by atoms with Crippen molar-refractivity contribution in [3.63, 3.8) is 0 Å². The van der Waals surface area contributed by atoms with Crippen LogP contribution in [0.3, 0.4) is 0 Å². The van der Waals surface area contributed by atoms with E-state index in [9.17, 15) is 9.59 Å². The van der Waals surface area contributed by atoms with Gasteiger partial charge in [0.2, 0.25) is 11.8 Å². The standard InChI is InChI=1S/C19H24ClN3O2.ClH/c1-22(16-10-13-4-5-14(11-16)21-13)18(24)17-8-9-23(19(17)25)15-6-2-12(20)3-7-15;/h2-3,6-7,13-14,16-17,21H,4-5,8-11H2,1H3;1H. The third-order valence-electron chi connectivity index (χ3n) is 5.99. The second-order valence-electron chi connectivity index (χ2n) is 7.52. The van der Waals surface area contributed by atoms with Gasteiger partial charge in [-0.1, -0.05) is 11.6 Å². The summed E-state index contributed by atoms with van der Waals surface area (Å²) >= 11 is 5.92. The summed E-state index contributed by atoms with van der Waals surface area (Å²) < 4.78 is 0. The highest BCUT2D eigenvalue weighted by molar-refractivity contribution is 6.30. The van der Waals surface area contributed by atoms with Crippen LogP contribution in [0.1, 0.15) is 32.1 Å². The molecule has 3 aliphatic rings. The average molecular weight is 398 g/mol. The van der Waals surface area contributed by atoms with Crippen molar-refractivity contribution >= 4 is 41.5 Å². The summed E-state index contributed by atoms with van der Waals surface area (Å²) in [5.41, 5.74) is 0.812. The van der Waals surface area contributed by atoms with E-state index in [4.69, 9.17) is 11.6 Å². The number of carbonyl (C=O) groups is 2. The summed E-state index contributed by atoms with van der Waals surface area (Å²) in [6, 6.07) is 8.53. The van der Waals surface area contributed by atoms with Crippen LogP contribution >= 0.6 is 24.0 Å². The van der Waals surface area contributed by atoms with Crippen LogP contribution in [-0.2, 0) is 9.59 Å². The van der Waals surface area contributed by atoms with Gasteiger partial charge in [-0.3, -0.25) is 9.59 Å². The molecule has 26 heavy (non-hydrogen) atoms. The monoisotopic (exact) mass is 397 g/mol. The highest BCUT2D eigenvalue weighted by atomic mass is 35.5. The minimum atomic E-state index is -0.548. The van der Waals surface area contributed by atoms with Gasteiger partial charge < -0.3 is 15.1 Å². The number of anilines is 1. The topological polar surface area (TPSA) is 52.7 Å². The lowest BCUT2D eigenvalue weighted by Crippen LogP contribution is -2.50. The first-order valence-corrected chi connectivity index (χ1v) is 9.50. The molecule has 3 atom stereocenters. The molecule has 4 rings (SSSR count). The van der Waals surface area contributed by atoms with Crippen LogP contribution in [-0.4, -0.2) is 48.4 Å². The molecule has 0 spiro atoms. The zero-order chi connectivity index (χ0) is 17.6. The molecule has 5 nitrogen and oxygen atoms in total. The van der Waals surface area contributed by atoms with Gasteiger partial charge in [-0.2, -0.15) is 0 Å². The fourth-order valence-corrected chi connectivity index (χ4v) is 4.68. The van der Waals surface area contributed by atoms with Crippen LogP contribution in [0, 0.1) is 5.92 Å². The molecule has 2 bridgehead atoms. The van der Waals surface area contributed by atoms with Crippen LogP contribution < -0.4 is 10.2 Å². The van der Waals surface area contributed by atoms with Crippen LogP contribution in [0.4, 0.5) is 5.69 Å². The van der Waals surface area contributed by atoms with Crippen molar-refractivity contribution in [3.8, 4) is 0 Å². The van der Waals surface area contributed by atoms with Gasteiger partial charge in [0.15, 0.2) is 0 Å². The van der Waals surface area contributed by atoms with Crippen molar-refractivity contribution in [2.45, 2.75) is 50.2 Å². The second-order valence-corrected chi connectivity index (χ2v) is 7.96. The molecule has 142 valence electrons. The Labute approximate surface area is 165 Å². The number of amides is 2. The number of rotatable bonds is 3. The number of nitrogens with zero attached hydrogens (tertiary/aromatic N) is 2. The van der Waals surface area contributed by atoms with Gasteiger partial charge in [0.25, 0.3) is 0 Å². The summed E-state index contributed by atoms with van der Waals surface area (Å²) in [5, 5.41) is 4.24. The van der Waals surface area contributed by atoms with Crippen LogP contribution in [0.2, 0.25) is 5.02 Å². The fraction of sp³-hybridized carbons (Fsp3) is 0.579. The normalized spacial score (nSPS) is 30.2. The van der Waals surface area contributed by atoms with Crippen LogP contribution in [0.5, 0.6) is 0 Å². The summed E-state index contributed by atoms with van der Waals surface area (Å²) in [5.74, 6) is -0.656. The molecule has 1 N–H and O–H groups in total. The summed E-state index contributed by atoms with van der Waals surface area (Å²) in [4.78, 5) is 29.3. The molecule has 3 unspecified atom stereocenters. The molecule has 1 aromatic carbocycles. The molecular formula is C19H25Cl2N3O2. The van der Waals surface area contributed by atoms with Gasteiger partial charge in [0, 0.05) is 42.4 Å². The maximum Gasteiger partial charge on any atom is 0.239 e. The molecule has 0 aliphatic carbocycles. The summed E-state index contributed by atoms with van der Waals surface area (Å²) in [6.07, 6.45) is 5.00. The Bertz CT molecular complexity index is 670. The van der Waals surface area contributed by atoms with Gasteiger partial charge in [-0.15, -0.1) is 12.4 Å². The lowest BCUT2D eigenvalue weighted by molar-refractivity contribution is -0.141. The molecular weight excluding hydrogens is 373 g/mol. The van der Waals surface area contributed by atoms with Gasteiger partial charge in [0.05, 0.1) is 0 Å². The number of piperidine rings is 1. The zero-order valence-corrected chi connectivity index (χ0v) is 16.4. The third-order valence-corrected chi connectivity index (χ3v) is 6.24. The predicted molar refractivity (Wildman–Crippen MR) is 105 cm³/mol. The Morgan fingerprint density at radius 3 is 2.38 bits per heavy atom. The minimum absolute atomic E-state index is 0. The van der Waals surface area contributed by atoms with E-state index in [0.29, 0.717) is 30.1 Å². The number of carbonyl (C=O) groups excluding carboxylic acids is 2. The van der Waals surface area contributed by atoms with E-state index in [1.807, 2.05) is 24.1 Å². The number of nitrogens with one attached hydrogen (secondary N) is 1. The average Bonchev–Trinajstić information content (AvgIpc) is 3.16. The van der Waals surface area contributed by atoms with Gasteiger partial charge in [-0.25, -0.2) is 0 Å². The first-order chi connectivity index (χ1) is 12.0. The van der Waals surface area contributed by atoms with E-state index in [2.05, 4.69) is 5.32 Å². The smallest absolute Gasteiger partial charge is 0.239 e. The van der Waals surface area contributed by atoms with E-state index in [-0.39, 0.29) is 30.3 Å². The van der Waals surface area contributed by atoms with Gasteiger partial charge in [-0.05, 0) is 56.4 Å². The SMILES string of the molecule is CN(C(=O)C1CCN(c2ccc(Cl)cc2)C1=O)C1CC2CCC(C1)N2.Cl. The molecule has 3 fully saturated rings. The highest BCUT2D eigenvalue weighted by Crippen LogP contribution is 2.32. The van der Waals surface area contributed by atoms with E-state index in [1.165, 1.54) is 12.8 Å². The van der Waals surface area contributed by atoms with Crippen molar-refractivity contribution in [1.29, 1.82) is 0 Å². The molecule has 0 radical (unpaired) electrons. The van der Waals surface area contributed by atoms with E-state index < -0.39 is 5.92 Å². The fourth-order valence-electron chi connectivity index (χ4n) is 4.56. The van der Waals surface area contributed by atoms with Crippen molar-refractivity contribution < 1.29 is 9.59 Å².